The molecule has 0 bridgehead atoms. The SMILES string of the molecule is FC(F)=C(F)Oc1cccc2ccccc12.FC1(F)C(F)(F)C(F)(Oc2cccc3ccccc23)C1(F)Oc1cccc2ccccc12. The Morgan fingerprint density at radius 3 is 1.08 bits per heavy atom. The molecule has 6 aromatic rings. The van der Waals surface area contributed by atoms with Gasteiger partial charge < -0.3 is 14.2 Å². The van der Waals surface area contributed by atoms with Crippen molar-refractivity contribution in [3.05, 3.63) is 139 Å². The highest BCUT2D eigenvalue weighted by molar-refractivity contribution is 5.90. The van der Waals surface area contributed by atoms with E-state index in [4.69, 9.17) is 9.47 Å². The standard InChI is InChI=1S/C24H14F6O2.C12H7F3O/c25-21(26)22(27,28)24(30,32-20-14-6-10-16-8-2-4-12-18(16)20)23(21,29)31-19-13-5-9-15-7-1-3-11-17(15)19;13-11(14)12(15)16-10-7-3-5-8-4-1-2-6-9(8)10/h1-14H;1-7H. The Bertz CT molecular complexity index is 2050. The molecule has 6 aromatic carbocycles. The minimum atomic E-state index is -5.50. The predicted molar refractivity (Wildman–Crippen MR) is 162 cm³/mol. The molecule has 3 nitrogen and oxygen atoms in total. The fourth-order valence-electron chi connectivity index (χ4n) is 5.30. The van der Waals surface area contributed by atoms with Crippen LogP contribution >= 0.6 is 0 Å². The first kappa shape index (κ1) is 32.5. The van der Waals surface area contributed by atoms with Gasteiger partial charge in [0.05, 0.1) is 0 Å². The predicted octanol–water partition coefficient (Wildman–Crippen LogP) is 11.3. The smallest absolute Gasteiger partial charge is 0.395 e. The van der Waals surface area contributed by atoms with Crippen LogP contribution in [-0.2, 0) is 0 Å². The van der Waals surface area contributed by atoms with Crippen LogP contribution in [0.3, 0.4) is 0 Å². The average Bonchev–Trinajstić information content (AvgIpc) is 3.08. The van der Waals surface area contributed by atoms with Crippen molar-refractivity contribution in [3.8, 4) is 17.2 Å². The van der Waals surface area contributed by atoms with Gasteiger partial charge in [0.2, 0.25) is 0 Å². The lowest BCUT2D eigenvalue weighted by molar-refractivity contribution is -0.527. The molecular formula is C36H21F9O3. The summed E-state index contributed by atoms with van der Waals surface area (Å²) >= 11 is 0. The van der Waals surface area contributed by atoms with E-state index in [-0.39, 0.29) is 16.5 Å². The summed E-state index contributed by atoms with van der Waals surface area (Å²) < 4.78 is 139. The number of rotatable bonds is 6. The van der Waals surface area contributed by atoms with E-state index in [1.807, 2.05) is 0 Å². The minimum absolute atomic E-state index is 0.0726. The van der Waals surface area contributed by atoms with Crippen LogP contribution in [0.1, 0.15) is 0 Å². The molecule has 1 aliphatic rings. The van der Waals surface area contributed by atoms with Crippen LogP contribution in [0.4, 0.5) is 39.5 Å². The summed E-state index contributed by atoms with van der Waals surface area (Å²) in [6, 6.07) is 30.3. The highest BCUT2D eigenvalue weighted by atomic mass is 19.3. The third kappa shape index (κ3) is 5.11. The zero-order chi connectivity index (χ0) is 34.3. The van der Waals surface area contributed by atoms with Crippen LogP contribution in [-0.4, -0.2) is 23.6 Å². The largest absolute Gasteiger partial charge is 0.446 e. The number of alkyl halides is 6. The molecular weight excluding hydrogens is 651 g/mol. The van der Waals surface area contributed by atoms with Crippen molar-refractivity contribution in [2.24, 2.45) is 0 Å². The van der Waals surface area contributed by atoms with Crippen molar-refractivity contribution in [2.75, 3.05) is 0 Å². The van der Waals surface area contributed by atoms with Crippen molar-refractivity contribution in [1.29, 1.82) is 0 Å². The summed E-state index contributed by atoms with van der Waals surface area (Å²) in [5.41, 5.74) is 0. The van der Waals surface area contributed by atoms with E-state index in [0.717, 1.165) is 17.5 Å². The van der Waals surface area contributed by atoms with Gasteiger partial charge >= 0.3 is 35.6 Å². The van der Waals surface area contributed by atoms with Gasteiger partial charge in [-0.05, 0) is 34.4 Å². The molecule has 0 radical (unpaired) electrons. The van der Waals surface area contributed by atoms with Gasteiger partial charge in [-0.1, -0.05) is 109 Å². The lowest BCUT2D eigenvalue weighted by Crippen LogP contribution is -2.89. The van der Waals surface area contributed by atoms with Gasteiger partial charge in [0.15, 0.2) is 0 Å². The van der Waals surface area contributed by atoms with Crippen LogP contribution in [0.2, 0.25) is 0 Å². The van der Waals surface area contributed by atoms with Gasteiger partial charge in [-0.25, -0.2) is 0 Å². The quantitative estimate of drug-likeness (QED) is 0.130. The van der Waals surface area contributed by atoms with Crippen LogP contribution in [0, 0.1) is 0 Å². The molecule has 246 valence electrons. The van der Waals surface area contributed by atoms with Gasteiger partial charge in [0.1, 0.15) is 17.2 Å². The van der Waals surface area contributed by atoms with Crippen molar-refractivity contribution in [2.45, 2.75) is 23.6 Å². The highest BCUT2D eigenvalue weighted by Crippen LogP contribution is 2.68. The van der Waals surface area contributed by atoms with E-state index in [2.05, 4.69) is 4.74 Å². The van der Waals surface area contributed by atoms with Crippen molar-refractivity contribution < 1.29 is 53.7 Å². The second-order valence-electron chi connectivity index (χ2n) is 10.6. The lowest BCUT2D eigenvalue weighted by atomic mass is 9.76. The zero-order valence-electron chi connectivity index (χ0n) is 24.3. The topological polar surface area (TPSA) is 27.7 Å². The highest BCUT2D eigenvalue weighted by Gasteiger charge is 3.03. The molecule has 0 spiro atoms. The second kappa shape index (κ2) is 12.0. The van der Waals surface area contributed by atoms with Crippen LogP contribution in [0.15, 0.2) is 139 Å². The first-order valence-corrected chi connectivity index (χ1v) is 14.1. The Labute approximate surface area is 266 Å². The van der Waals surface area contributed by atoms with Gasteiger partial charge in [-0.2, -0.15) is 39.5 Å². The number of hydrogen-bond acceptors (Lipinski definition) is 3. The first-order valence-electron chi connectivity index (χ1n) is 14.1. The minimum Gasteiger partial charge on any atom is -0.446 e. The number of hydrogen-bond donors (Lipinski definition) is 0. The summed E-state index contributed by atoms with van der Waals surface area (Å²) in [5, 5.41) is 2.59. The summed E-state index contributed by atoms with van der Waals surface area (Å²) in [7, 11) is 0. The van der Waals surface area contributed by atoms with E-state index in [9.17, 15) is 30.7 Å². The van der Waals surface area contributed by atoms with E-state index < -0.39 is 47.1 Å². The zero-order valence-corrected chi connectivity index (χ0v) is 24.3. The number of benzene rings is 6. The van der Waals surface area contributed by atoms with Crippen LogP contribution in [0.5, 0.6) is 17.2 Å². The Balaban J connectivity index is 0.000000211. The average molecular weight is 673 g/mol. The summed E-state index contributed by atoms with van der Waals surface area (Å²) in [4.78, 5) is 0. The molecule has 2 atom stereocenters. The van der Waals surface area contributed by atoms with Crippen molar-refractivity contribution in [3.63, 3.8) is 0 Å². The maximum atomic E-state index is 15.6. The van der Waals surface area contributed by atoms with E-state index >= 15 is 8.78 Å². The third-order valence-electron chi connectivity index (χ3n) is 7.71. The number of fused-ring (bicyclic) bond motifs is 3. The molecule has 0 aromatic heterocycles. The normalized spacial score (nSPS) is 20.7. The second-order valence-corrected chi connectivity index (χ2v) is 10.6. The first-order chi connectivity index (χ1) is 22.8. The monoisotopic (exact) mass is 672 g/mol. The molecule has 1 saturated carbocycles. The third-order valence-corrected chi connectivity index (χ3v) is 7.71. The van der Waals surface area contributed by atoms with Crippen molar-refractivity contribution >= 4 is 32.3 Å². The van der Waals surface area contributed by atoms with E-state index in [0.29, 0.717) is 16.2 Å². The Kier molecular flexibility index (Phi) is 8.14. The van der Waals surface area contributed by atoms with Gasteiger partial charge in [-0.15, -0.1) is 0 Å². The van der Waals surface area contributed by atoms with Crippen LogP contribution in [0.25, 0.3) is 32.3 Å². The fraction of sp³-hybridized carbons (Fsp3) is 0.111. The molecule has 0 saturated heterocycles. The molecule has 7 rings (SSSR count). The molecule has 0 N–H and O–H groups in total. The Morgan fingerprint density at radius 1 is 0.396 bits per heavy atom. The molecule has 1 fully saturated rings. The lowest BCUT2D eigenvalue weighted by Gasteiger charge is -2.55. The molecule has 2 unspecified atom stereocenters. The summed E-state index contributed by atoms with van der Waals surface area (Å²) in [6.45, 7) is 0. The van der Waals surface area contributed by atoms with Crippen molar-refractivity contribution in [1.82, 2.24) is 0 Å². The Hall–Kier alpha value is -5.39. The summed E-state index contributed by atoms with van der Waals surface area (Å²) in [6.07, 6.45) is -2.46. The molecule has 0 amide bonds. The molecule has 0 heterocycles. The number of ether oxygens (including phenoxy) is 3. The maximum Gasteiger partial charge on any atom is 0.395 e. The van der Waals surface area contributed by atoms with Gasteiger partial charge in [-0.3, -0.25) is 0 Å². The maximum absolute atomic E-state index is 15.6. The molecule has 1 aliphatic carbocycles. The number of halogens is 9. The molecule has 48 heavy (non-hydrogen) atoms. The molecule has 0 aliphatic heterocycles. The summed E-state index contributed by atoms with van der Waals surface area (Å²) in [5.74, 6) is -21.6. The van der Waals surface area contributed by atoms with Crippen LogP contribution < -0.4 is 14.2 Å². The Morgan fingerprint density at radius 2 is 0.708 bits per heavy atom. The van der Waals surface area contributed by atoms with Gasteiger partial charge in [0, 0.05) is 16.2 Å². The fourth-order valence-corrected chi connectivity index (χ4v) is 5.30. The van der Waals surface area contributed by atoms with E-state index in [1.54, 1.807) is 72.8 Å². The van der Waals surface area contributed by atoms with Gasteiger partial charge in [0.25, 0.3) is 0 Å². The van der Waals surface area contributed by atoms with E-state index in [1.165, 1.54) is 42.5 Å². The molecule has 12 heteroatoms.